The average molecular weight is 261 g/mol. The molecule has 0 bridgehead atoms. The highest BCUT2D eigenvalue weighted by Gasteiger charge is 2.24. The van der Waals surface area contributed by atoms with Gasteiger partial charge >= 0.3 is 0 Å². The quantitative estimate of drug-likeness (QED) is 0.551. The Morgan fingerprint density at radius 1 is 1.33 bits per heavy atom. The Balaban J connectivity index is 2.01. The van der Waals surface area contributed by atoms with Crippen LogP contribution in [0.2, 0.25) is 0 Å². The Morgan fingerprint density at radius 2 is 2.11 bits per heavy atom. The van der Waals surface area contributed by atoms with Crippen molar-refractivity contribution in [2.75, 3.05) is 33.4 Å². The second-order valence-electron chi connectivity index (χ2n) is 5.17. The average Bonchev–Trinajstić information content (AvgIpc) is 2.73. The molecule has 0 saturated heterocycles. The van der Waals surface area contributed by atoms with Gasteiger partial charge in [-0.3, -0.25) is 0 Å². The minimum absolute atomic E-state index is 0.00121. The number of nitrogens with one attached hydrogen (secondary N) is 1. The van der Waals surface area contributed by atoms with Crippen LogP contribution in [0, 0.1) is 5.92 Å². The summed E-state index contributed by atoms with van der Waals surface area (Å²) in [6.45, 7) is 4.03. The van der Waals surface area contributed by atoms with E-state index in [2.05, 4.69) is 5.32 Å². The van der Waals surface area contributed by atoms with Crippen molar-refractivity contribution in [3.63, 3.8) is 0 Å². The van der Waals surface area contributed by atoms with Crippen molar-refractivity contribution in [2.45, 2.75) is 44.5 Å². The third-order valence-corrected chi connectivity index (χ3v) is 3.38. The summed E-state index contributed by atoms with van der Waals surface area (Å²) in [5.41, 5.74) is 0. The fourth-order valence-corrected chi connectivity index (χ4v) is 2.31. The molecule has 18 heavy (non-hydrogen) atoms. The van der Waals surface area contributed by atoms with Gasteiger partial charge in [0.05, 0.1) is 31.5 Å². The van der Waals surface area contributed by atoms with Gasteiger partial charge in [-0.05, 0) is 25.7 Å². The van der Waals surface area contributed by atoms with Gasteiger partial charge in [0.15, 0.2) is 0 Å². The summed E-state index contributed by atoms with van der Waals surface area (Å²) in [4.78, 5) is 0. The first-order chi connectivity index (χ1) is 8.63. The molecule has 4 unspecified atom stereocenters. The van der Waals surface area contributed by atoms with Crippen LogP contribution in [0.25, 0.3) is 0 Å². The Labute approximate surface area is 109 Å². The van der Waals surface area contributed by atoms with E-state index >= 15 is 0 Å². The second-order valence-corrected chi connectivity index (χ2v) is 5.17. The maximum absolute atomic E-state index is 9.72. The van der Waals surface area contributed by atoms with Crippen molar-refractivity contribution >= 4 is 0 Å². The molecule has 5 heteroatoms. The molecule has 5 nitrogen and oxygen atoms in total. The minimum Gasteiger partial charge on any atom is -0.393 e. The van der Waals surface area contributed by atoms with E-state index in [1.165, 1.54) is 0 Å². The van der Waals surface area contributed by atoms with Crippen molar-refractivity contribution in [2.24, 2.45) is 5.92 Å². The van der Waals surface area contributed by atoms with Crippen molar-refractivity contribution in [1.29, 1.82) is 0 Å². The van der Waals surface area contributed by atoms with Gasteiger partial charge in [0.1, 0.15) is 0 Å². The van der Waals surface area contributed by atoms with Gasteiger partial charge in [0.2, 0.25) is 0 Å². The highest BCUT2D eigenvalue weighted by Crippen LogP contribution is 2.24. The molecule has 1 aliphatic rings. The highest BCUT2D eigenvalue weighted by atomic mass is 16.5. The van der Waals surface area contributed by atoms with Crippen LogP contribution in [0.3, 0.4) is 0 Å². The molecule has 1 saturated carbocycles. The molecule has 1 fully saturated rings. The zero-order chi connectivity index (χ0) is 13.4. The lowest BCUT2D eigenvalue weighted by Crippen LogP contribution is -2.36. The van der Waals surface area contributed by atoms with E-state index in [0.29, 0.717) is 25.7 Å². The summed E-state index contributed by atoms with van der Waals surface area (Å²) in [5, 5.41) is 22.6. The van der Waals surface area contributed by atoms with Gasteiger partial charge in [0.25, 0.3) is 0 Å². The third kappa shape index (κ3) is 6.11. The predicted octanol–water partition coefficient (Wildman–Crippen LogP) is 0.149. The first-order valence-corrected chi connectivity index (χ1v) is 6.80. The summed E-state index contributed by atoms with van der Waals surface area (Å²) in [5.74, 6) is 0.338. The zero-order valence-electron chi connectivity index (χ0n) is 11.5. The lowest BCUT2D eigenvalue weighted by molar-refractivity contribution is -0.0314. The summed E-state index contributed by atoms with van der Waals surface area (Å²) < 4.78 is 10.4. The summed E-state index contributed by atoms with van der Waals surface area (Å²) in [7, 11) is 1.63. The molecular weight excluding hydrogens is 234 g/mol. The van der Waals surface area contributed by atoms with E-state index in [4.69, 9.17) is 9.47 Å². The molecule has 0 amide bonds. The Hall–Kier alpha value is -0.200. The minimum atomic E-state index is -0.511. The number of ether oxygens (including phenoxy) is 2. The number of rotatable bonds is 9. The van der Waals surface area contributed by atoms with Gasteiger partial charge in [-0.2, -0.15) is 0 Å². The maximum Gasteiger partial charge on any atom is 0.0897 e. The molecule has 0 aliphatic heterocycles. The summed E-state index contributed by atoms with van der Waals surface area (Å²) >= 11 is 0. The van der Waals surface area contributed by atoms with Crippen molar-refractivity contribution in [1.82, 2.24) is 5.32 Å². The number of hydrogen-bond acceptors (Lipinski definition) is 5. The fraction of sp³-hybridized carbons (Fsp3) is 1.00. The smallest absolute Gasteiger partial charge is 0.0897 e. The topological polar surface area (TPSA) is 71.0 Å². The van der Waals surface area contributed by atoms with E-state index in [9.17, 15) is 10.2 Å². The first kappa shape index (κ1) is 15.9. The van der Waals surface area contributed by atoms with Crippen molar-refractivity contribution in [3.05, 3.63) is 0 Å². The molecule has 1 aliphatic carbocycles. The molecule has 0 aromatic carbocycles. The molecule has 0 heterocycles. The van der Waals surface area contributed by atoms with Crippen LogP contribution in [0.1, 0.15) is 26.2 Å². The van der Waals surface area contributed by atoms with Gasteiger partial charge in [0, 0.05) is 20.2 Å². The number of hydrogen-bond donors (Lipinski definition) is 3. The van der Waals surface area contributed by atoms with E-state index in [1.807, 2.05) is 6.92 Å². The lowest BCUT2D eigenvalue weighted by atomic mass is 10.1. The molecule has 1 rings (SSSR count). The molecule has 0 aromatic rings. The van der Waals surface area contributed by atoms with Gasteiger partial charge in [-0.15, -0.1) is 0 Å². The van der Waals surface area contributed by atoms with E-state index in [0.717, 1.165) is 25.8 Å². The zero-order valence-corrected chi connectivity index (χ0v) is 11.5. The van der Waals surface area contributed by atoms with Crippen LogP contribution in [-0.2, 0) is 9.47 Å². The highest BCUT2D eigenvalue weighted by molar-refractivity contribution is 4.78. The molecule has 0 radical (unpaired) electrons. The van der Waals surface area contributed by atoms with Crippen LogP contribution in [0.4, 0.5) is 0 Å². The number of methoxy groups -OCH3 is 1. The molecule has 4 atom stereocenters. The Kier molecular flexibility index (Phi) is 7.77. The van der Waals surface area contributed by atoms with E-state index in [1.54, 1.807) is 7.11 Å². The number of aliphatic hydroxyl groups is 2. The standard InChI is InChI=1S/C13H27NO4/c1-10(8-17-2)18-9-12(15)7-14-6-11-4-3-5-13(11)16/h10-16H,3-9H2,1-2H3. The van der Waals surface area contributed by atoms with Crippen LogP contribution < -0.4 is 5.32 Å². The van der Waals surface area contributed by atoms with E-state index in [-0.39, 0.29) is 12.2 Å². The monoisotopic (exact) mass is 261 g/mol. The number of aliphatic hydroxyl groups excluding tert-OH is 2. The van der Waals surface area contributed by atoms with Gasteiger partial charge < -0.3 is 25.0 Å². The van der Waals surface area contributed by atoms with E-state index < -0.39 is 6.10 Å². The lowest BCUT2D eigenvalue weighted by Gasteiger charge is -2.18. The van der Waals surface area contributed by atoms with Crippen LogP contribution in [0.15, 0.2) is 0 Å². The SMILES string of the molecule is COCC(C)OCC(O)CNCC1CCCC1O. The molecule has 108 valence electrons. The normalized spacial score (nSPS) is 27.3. The maximum atomic E-state index is 9.72. The summed E-state index contributed by atoms with van der Waals surface area (Å²) in [6, 6.07) is 0. The molecule has 3 N–H and O–H groups in total. The van der Waals surface area contributed by atoms with Crippen molar-refractivity contribution in [3.8, 4) is 0 Å². The van der Waals surface area contributed by atoms with Crippen LogP contribution in [-0.4, -0.2) is 61.9 Å². The first-order valence-electron chi connectivity index (χ1n) is 6.80. The molecule has 0 aromatic heterocycles. The Morgan fingerprint density at radius 3 is 2.72 bits per heavy atom. The molecular formula is C13H27NO4. The fourth-order valence-electron chi connectivity index (χ4n) is 2.31. The largest absolute Gasteiger partial charge is 0.393 e. The Bertz CT molecular complexity index is 215. The third-order valence-electron chi connectivity index (χ3n) is 3.38. The van der Waals surface area contributed by atoms with Crippen LogP contribution in [0.5, 0.6) is 0 Å². The predicted molar refractivity (Wildman–Crippen MR) is 69.5 cm³/mol. The van der Waals surface area contributed by atoms with Gasteiger partial charge in [-0.1, -0.05) is 6.42 Å². The van der Waals surface area contributed by atoms with Gasteiger partial charge in [-0.25, -0.2) is 0 Å². The summed E-state index contributed by atoms with van der Waals surface area (Å²) in [6.07, 6.45) is 2.41. The second kappa shape index (κ2) is 8.82. The van der Waals surface area contributed by atoms with Crippen LogP contribution >= 0.6 is 0 Å². The van der Waals surface area contributed by atoms with Crippen molar-refractivity contribution < 1.29 is 19.7 Å². The molecule has 0 spiro atoms.